The summed E-state index contributed by atoms with van der Waals surface area (Å²) in [5.74, 6) is -1.08. The predicted molar refractivity (Wildman–Crippen MR) is 168 cm³/mol. The van der Waals surface area contributed by atoms with Gasteiger partial charge in [0, 0.05) is 35.1 Å². The summed E-state index contributed by atoms with van der Waals surface area (Å²) in [5, 5.41) is 14.5. The molecule has 0 unspecified atom stereocenters. The maximum atomic E-state index is 14.2. The first-order valence-electron chi connectivity index (χ1n) is 13.3. The number of carbonyl (C=O) groups excluding carboxylic acids is 2. The van der Waals surface area contributed by atoms with E-state index in [2.05, 4.69) is 21.2 Å². The Kier molecular flexibility index (Phi) is 10.9. The highest BCUT2D eigenvalue weighted by Crippen LogP contribution is 2.34. The van der Waals surface area contributed by atoms with Gasteiger partial charge in [0.2, 0.25) is 21.8 Å². The summed E-state index contributed by atoms with van der Waals surface area (Å²) in [4.78, 5) is 40.2. The molecule has 3 aromatic carbocycles. The van der Waals surface area contributed by atoms with E-state index < -0.39 is 44.9 Å². The molecule has 0 saturated heterocycles. The number of amides is 2. The number of sulfonamides is 1. The van der Waals surface area contributed by atoms with Crippen LogP contribution in [0.3, 0.4) is 0 Å². The normalized spacial score (nSPS) is 12.2. The first kappa shape index (κ1) is 33.5. The molecule has 3 rings (SSSR count). The fourth-order valence-corrected chi connectivity index (χ4v) is 5.48. The molecule has 11 nitrogen and oxygen atoms in total. The van der Waals surface area contributed by atoms with E-state index in [0.717, 1.165) is 26.7 Å². The van der Waals surface area contributed by atoms with Crippen molar-refractivity contribution in [3.63, 3.8) is 0 Å². The number of methoxy groups -OCH3 is 1. The maximum absolute atomic E-state index is 14.2. The number of rotatable bonds is 12. The number of nitro groups is 1. The van der Waals surface area contributed by atoms with Gasteiger partial charge in [0.05, 0.1) is 18.3 Å². The van der Waals surface area contributed by atoms with Crippen molar-refractivity contribution < 1.29 is 27.7 Å². The molecule has 1 N–H and O–H groups in total. The molecule has 0 aliphatic rings. The molecule has 0 saturated carbocycles. The second-order valence-electron chi connectivity index (χ2n) is 11.0. The SMILES string of the molecule is COc1ccc([N+](=O)[O-])cc1N(CC(=O)N(Cc1ccc(Br)cc1)[C@H](Cc1ccccc1)C(=O)NC(C)(C)C)S(C)(=O)=O. The van der Waals surface area contributed by atoms with Crippen LogP contribution in [0, 0.1) is 10.1 Å². The van der Waals surface area contributed by atoms with Crippen molar-refractivity contribution in [2.45, 2.75) is 45.3 Å². The van der Waals surface area contributed by atoms with E-state index in [1.54, 1.807) is 24.3 Å². The third-order valence-corrected chi connectivity index (χ3v) is 8.01. The van der Waals surface area contributed by atoms with Crippen LogP contribution in [0.4, 0.5) is 11.4 Å². The molecule has 0 fully saturated rings. The molecular weight excluding hydrogens is 640 g/mol. The Labute approximate surface area is 260 Å². The number of carbonyl (C=O) groups is 2. The Balaban J connectivity index is 2.14. The van der Waals surface area contributed by atoms with Crippen LogP contribution in [0.1, 0.15) is 31.9 Å². The van der Waals surface area contributed by atoms with Crippen molar-refractivity contribution >= 4 is 49.1 Å². The Bertz CT molecular complexity index is 1560. The van der Waals surface area contributed by atoms with E-state index in [-0.39, 0.29) is 30.1 Å². The van der Waals surface area contributed by atoms with E-state index in [0.29, 0.717) is 5.56 Å². The molecule has 0 spiro atoms. The van der Waals surface area contributed by atoms with Gasteiger partial charge >= 0.3 is 0 Å². The van der Waals surface area contributed by atoms with Crippen molar-refractivity contribution in [3.05, 3.63) is 98.5 Å². The number of halogens is 1. The van der Waals surface area contributed by atoms with Crippen molar-refractivity contribution in [3.8, 4) is 5.75 Å². The van der Waals surface area contributed by atoms with Crippen LogP contribution >= 0.6 is 15.9 Å². The lowest BCUT2D eigenvalue weighted by Gasteiger charge is -2.35. The van der Waals surface area contributed by atoms with Gasteiger partial charge < -0.3 is 15.0 Å². The van der Waals surface area contributed by atoms with Crippen LogP contribution in [0.2, 0.25) is 0 Å². The van der Waals surface area contributed by atoms with Crippen molar-refractivity contribution in [1.29, 1.82) is 0 Å². The van der Waals surface area contributed by atoms with Crippen LogP contribution in [0.25, 0.3) is 0 Å². The minimum absolute atomic E-state index is 0.00908. The van der Waals surface area contributed by atoms with Gasteiger partial charge in [-0.15, -0.1) is 0 Å². The van der Waals surface area contributed by atoms with Gasteiger partial charge in [-0.1, -0.05) is 58.4 Å². The Morgan fingerprint density at radius 2 is 1.65 bits per heavy atom. The van der Waals surface area contributed by atoms with Crippen molar-refractivity contribution in [2.24, 2.45) is 0 Å². The van der Waals surface area contributed by atoms with Crippen LogP contribution in [-0.2, 0) is 32.6 Å². The number of nitro benzene ring substituents is 1. The predicted octanol–water partition coefficient (Wildman–Crippen LogP) is 4.69. The maximum Gasteiger partial charge on any atom is 0.271 e. The molecule has 2 amide bonds. The molecule has 0 radical (unpaired) electrons. The van der Waals surface area contributed by atoms with Gasteiger partial charge in [0.1, 0.15) is 24.0 Å². The molecule has 1 atom stereocenters. The summed E-state index contributed by atoms with van der Waals surface area (Å²) in [6.07, 6.45) is 1.05. The van der Waals surface area contributed by atoms with Gasteiger partial charge in [-0.3, -0.25) is 24.0 Å². The van der Waals surface area contributed by atoms with Crippen LogP contribution in [-0.4, -0.2) is 61.5 Å². The molecule has 43 heavy (non-hydrogen) atoms. The minimum atomic E-state index is -4.16. The molecule has 13 heteroatoms. The zero-order valence-electron chi connectivity index (χ0n) is 24.6. The third kappa shape index (κ3) is 9.52. The number of benzene rings is 3. The van der Waals surface area contributed by atoms with Crippen LogP contribution in [0.5, 0.6) is 5.75 Å². The number of nitrogens with one attached hydrogen (secondary N) is 1. The highest BCUT2D eigenvalue weighted by Gasteiger charge is 2.35. The van der Waals surface area contributed by atoms with Gasteiger partial charge in [-0.2, -0.15) is 0 Å². The lowest BCUT2D eigenvalue weighted by Crippen LogP contribution is -2.56. The Morgan fingerprint density at radius 3 is 2.19 bits per heavy atom. The lowest BCUT2D eigenvalue weighted by molar-refractivity contribution is -0.384. The highest BCUT2D eigenvalue weighted by molar-refractivity contribution is 9.10. The fraction of sp³-hybridized carbons (Fsp3) is 0.333. The molecule has 0 aliphatic carbocycles. The smallest absolute Gasteiger partial charge is 0.271 e. The summed E-state index contributed by atoms with van der Waals surface area (Å²) < 4.78 is 33.0. The topological polar surface area (TPSA) is 139 Å². The second kappa shape index (κ2) is 14.0. The summed E-state index contributed by atoms with van der Waals surface area (Å²) >= 11 is 3.40. The van der Waals surface area contributed by atoms with Crippen LogP contribution < -0.4 is 14.4 Å². The number of ether oxygens (including phenoxy) is 1. The van der Waals surface area contributed by atoms with Gasteiger partial charge in [-0.25, -0.2) is 8.42 Å². The molecular formula is C30H35BrN4O7S. The van der Waals surface area contributed by atoms with E-state index in [4.69, 9.17) is 4.74 Å². The zero-order valence-corrected chi connectivity index (χ0v) is 27.0. The van der Waals surface area contributed by atoms with E-state index >= 15 is 0 Å². The number of nitrogens with zero attached hydrogens (tertiary/aromatic N) is 3. The van der Waals surface area contributed by atoms with E-state index in [1.165, 1.54) is 24.1 Å². The highest BCUT2D eigenvalue weighted by atomic mass is 79.9. The molecule has 3 aromatic rings. The van der Waals surface area contributed by atoms with Gasteiger partial charge in [0.15, 0.2) is 0 Å². The number of anilines is 1. The molecule has 0 heterocycles. The third-order valence-electron chi connectivity index (χ3n) is 6.36. The first-order valence-corrected chi connectivity index (χ1v) is 15.9. The first-order chi connectivity index (χ1) is 20.1. The van der Waals surface area contributed by atoms with Crippen molar-refractivity contribution in [2.75, 3.05) is 24.2 Å². The Hall–Kier alpha value is -3.97. The Morgan fingerprint density at radius 1 is 1.02 bits per heavy atom. The number of hydrogen-bond acceptors (Lipinski definition) is 7. The van der Waals surface area contributed by atoms with Crippen LogP contribution in [0.15, 0.2) is 77.3 Å². The molecule has 0 aromatic heterocycles. The summed E-state index contributed by atoms with van der Waals surface area (Å²) in [6, 6.07) is 18.8. The average Bonchev–Trinajstić information content (AvgIpc) is 2.93. The minimum Gasteiger partial charge on any atom is -0.495 e. The van der Waals surface area contributed by atoms with Gasteiger partial charge in [0.25, 0.3) is 5.69 Å². The van der Waals surface area contributed by atoms with E-state index in [1.807, 2.05) is 51.1 Å². The number of non-ortho nitro benzene ring substituents is 1. The van der Waals surface area contributed by atoms with Crippen molar-refractivity contribution in [1.82, 2.24) is 10.2 Å². The standard InChI is InChI=1S/C30H35BrN4O7S/c1-30(2,3)32-29(37)26(17-21-9-7-6-8-10-21)33(19-22-11-13-23(31)14-12-22)28(36)20-34(43(5,40)41)25-18-24(35(38)39)15-16-27(25)42-4/h6-16,18,26H,17,19-20H2,1-5H3,(H,32,37)/t26-/m1/s1. The quantitative estimate of drug-likeness (QED) is 0.217. The molecule has 0 aliphatic heterocycles. The van der Waals surface area contributed by atoms with Gasteiger partial charge in [-0.05, 0) is 50.1 Å². The summed E-state index contributed by atoms with van der Waals surface area (Å²) in [7, 11) is -2.87. The summed E-state index contributed by atoms with van der Waals surface area (Å²) in [6.45, 7) is 4.73. The second-order valence-corrected chi connectivity index (χ2v) is 13.8. The zero-order chi connectivity index (χ0) is 31.9. The average molecular weight is 676 g/mol. The fourth-order valence-electron chi connectivity index (χ4n) is 4.37. The number of hydrogen-bond donors (Lipinski definition) is 1. The monoisotopic (exact) mass is 674 g/mol. The molecule has 0 bridgehead atoms. The summed E-state index contributed by atoms with van der Waals surface area (Å²) in [5.41, 5.74) is 0.334. The lowest BCUT2D eigenvalue weighted by atomic mass is 10.0. The van der Waals surface area contributed by atoms with E-state index in [9.17, 15) is 28.1 Å². The largest absolute Gasteiger partial charge is 0.495 e. The molecule has 230 valence electrons.